The maximum Gasteiger partial charge on any atom is 0.282 e. The highest BCUT2D eigenvalue weighted by atomic mass is 32.2. The van der Waals surface area contributed by atoms with Crippen LogP contribution in [0.4, 0.5) is 4.79 Å². The first-order valence-corrected chi connectivity index (χ1v) is 8.07. The number of thioether (sulfide) groups is 1. The van der Waals surface area contributed by atoms with E-state index >= 15 is 0 Å². The van der Waals surface area contributed by atoms with Crippen molar-refractivity contribution in [2.45, 2.75) is 19.3 Å². The topological polar surface area (TPSA) is 52.7 Å². The highest BCUT2D eigenvalue weighted by Gasteiger charge is 2.38. The SMILES string of the molecule is O=C(CN1CCSC1=O)N1CCC2(CCNC2)CC1. The molecule has 0 radical (unpaired) electrons. The number of amides is 2. The zero-order chi connectivity index (χ0) is 13.3. The minimum Gasteiger partial charge on any atom is -0.341 e. The summed E-state index contributed by atoms with van der Waals surface area (Å²) in [5.41, 5.74) is 0.441. The van der Waals surface area contributed by atoms with Gasteiger partial charge in [0.2, 0.25) is 5.91 Å². The number of nitrogens with zero attached hydrogens (tertiary/aromatic N) is 2. The van der Waals surface area contributed by atoms with Crippen molar-refractivity contribution in [1.82, 2.24) is 15.1 Å². The van der Waals surface area contributed by atoms with Crippen molar-refractivity contribution in [3.8, 4) is 0 Å². The van der Waals surface area contributed by atoms with E-state index in [-0.39, 0.29) is 17.7 Å². The molecular weight excluding hydrogens is 262 g/mol. The molecule has 6 heteroatoms. The first-order valence-electron chi connectivity index (χ1n) is 7.09. The van der Waals surface area contributed by atoms with Gasteiger partial charge < -0.3 is 15.1 Å². The lowest BCUT2D eigenvalue weighted by Gasteiger charge is -2.39. The predicted molar refractivity (Wildman–Crippen MR) is 75.2 cm³/mol. The first-order chi connectivity index (χ1) is 9.19. The van der Waals surface area contributed by atoms with Crippen molar-refractivity contribution in [2.75, 3.05) is 45.0 Å². The Hall–Kier alpha value is -0.750. The van der Waals surface area contributed by atoms with Crippen LogP contribution in [-0.2, 0) is 4.79 Å². The lowest BCUT2D eigenvalue weighted by molar-refractivity contribution is -0.133. The van der Waals surface area contributed by atoms with E-state index in [9.17, 15) is 9.59 Å². The third-order valence-electron chi connectivity index (χ3n) is 4.68. The third-order valence-corrected chi connectivity index (χ3v) is 5.57. The Labute approximate surface area is 118 Å². The van der Waals surface area contributed by atoms with Crippen molar-refractivity contribution in [3.05, 3.63) is 0 Å². The molecule has 0 aromatic carbocycles. The second kappa shape index (κ2) is 5.32. The Bertz CT molecular complexity index is 372. The highest BCUT2D eigenvalue weighted by molar-refractivity contribution is 8.13. The van der Waals surface area contributed by atoms with Gasteiger partial charge in [-0.1, -0.05) is 11.8 Å². The maximum absolute atomic E-state index is 12.2. The zero-order valence-corrected chi connectivity index (χ0v) is 12.0. The van der Waals surface area contributed by atoms with Gasteiger partial charge >= 0.3 is 0 Å². The standard InChI is InChI=1S/C13H21N3O2S/c17-11(9-16-7-8-19-12(16)18)15-5-2-13(3-6-15)1-4-14-10-13/h14H,1-10H2. The van der Waals surface area contributed by atoms with E-state index in [1.165, 1.54) is 18.2 Å². The van der Waals surface area contributed by atoms with E-state index in [0.29, 0.717) is 5.41 Å². The molecule has 0 aromatic rings. The molecule has 3 aliphatic rings. The fourth-order valence-electron chi connectivity index (χ4n) is 3.29. The molecule has 5 nitrogen and oxygen atoms in total. The van der Waals surface area contributed by atoms with E-state index in [0.717, 1.165) is 51.3 Å². The normalized spacial score (nSPS) is 26.4. The smallest absolute Gasteiger partial charge is 0.282 e. The maximum atomic E-state index is 12.2. The van der Waals surface area contributed by atoms with E-state index in [4.69, 9.17) is 0 Å². The molecular formula is C13H21N3O2S. The number of rotatable bonds is 2. The Kier molecular flexibility index (Phi) is 3.71. The van der Waals surface area contributed by atoms with Crippen LogP contribution in [0.5, 0.6) is 0 Å². The molecule has 0 atom stereocenters. The highest BCUT2D eigenvalue weighted by Crippen LogP contribution is 2.36. The summed E-state index contributed by atoms with van der Waals surface area (Å²) in [6.07, 6.45) is 3.46. The van der Waals surface area contributed by atoms with Crippen LogP contribution in [0, 0.1) is 5.41 Å². The van der Waals surface area contributed by atoms with Gasteiger partial charge in [-0.15, -0.1) is 0 Å². The Morgan fingerprint density at radius 2 is 2.05 bits per heavy atom. The number of nitrogens with one attached hydrogen (secondary N) is 1. The molecule has 106 valence electrons. The van der Waals surface area contributed by atoms with Crippen LogP contribution in [0.25, 0.3) is 0 Å². The summed E-state index contributed by atoms with van der Waals surface area (Å²) in [6.45, 7) is 4.93. The summed E-state index contributed by atoms with van der Waals surface area (Å²) < 4.78 is 0. The third kappa shape index (κ3) is 2.74. The van der Waals surface area contributed by atoms with Crippen LogP contribution in [0.15, 0.2) is 0 Å². The lowest BCUT2D eigenvalue weighted by atomic mass is 9.78. The average molecular weight is 283 g/mol. The number of carbonyl (C=O) groups is 2. The summed E-state index contributed by atoms with van der Waals surface area (Å²) in [6, 6.07) is 0. The number of likely N-dealkylation sites (tertiary alicyclic amines) is 1. The van der Waals surface area contributed by atoms with Gasteiger partial charge in [-0.25, -0.2) is 0 Å². The van der Waals surface area contributed by atoms with Crippen molar-refractivity contribution in [3.63, 3.8) is 0 Å². The van der Waals surface area contributed by atoms with E-state index in [1.807, 2.05) is 4.90 Å². The summed E-state index contributed by atoms with van der Waals surface area (Å²) >= 11 is 1.32. The van der Waals surface area contributed by atoms with Crippen LogP contribution in [0.3, 0.4) is 0 Å². The molecule has 1 N–H and O–H groups in total. The van der Waals surface area contributed by atoms with Gasteiger partial charge in [0, 0.05) is 31.9 Å². The van der Waals surface area contributed by atoms with Crippen LogP contribution in [0.2, 0.25) is 0 Å². The summed E-state index contributed by atoms with van der Waals surface area (Å²) in [5.74, 6) is 0.942. The Morgan fingerprint density at radius 3 is 2.63 bits per heavy atom. The minimum absolute atomic E-state index is 0.0572. The Balaban J connectivity index is 1.50. The molecule has 19 heavy (non-hydrogen) atoms. The van der Waals surface area contributed by atoms with Gasteiger partial charge in [0.25, 0.3) is 5.24 Å². The zero-order valence-electron chi connectivity index (χ0n) is 11.2. The number of carbonyl (C=O) groups excluding carboxylic acids is 2. The molecule has 2 amide bonds. The van der Waals surface area contributed by atoms with E-state index in [1.54, 1.807) is 4.90 Å². The fourth-order valence-corrected chi connectivity index (χ4v) is 4.11. The van der Waals surface area contributed by atoms with Crippen LogP contribution in [-0.4, -0.2) is 66.0 Å². The van der Waals surface area contributed by atoms with Gasteiger partial charge in [-0.3, -0.25) is 9.59 Å². The van der Waals surface area contributed by atoms with Gasteiger partial charge in [0.05, 0.1) is 0 Å². The molecule has 3 saturated heterocycles. The number of piperidine rings is 1. The summed E-state index contributed by atoms with van der Waals surface area (Å²) in [7, 11) is 0. The lowest BCUT2D eigenvalue weighted by Crippen LogP contribution is -2.47. The molecule has 3 rings (SSSR count). The predicted octanol–water partition coefficient (Wildman–Crippen LogP) is 0.757. The molecule has 0 bridgehead atoms. The summed E-state index contributed by atoms with van der Waals surface area (Å²) in [4.78, 5) is 27.3. The van der Waals surface area contributed by atoms with Crippen molar-refractivity contribution >= 4 is 22.9 Å². The van der Waals surface area contributed by atoms with Gasteiger partial charge in [-0.2, -0.15) is 0 Å². The van der Waals surface area contributed by atoms with Crippen molar-refractivity contribution < 1.29 is 9.59 Å². The van der Waals surface area contributed by atoms with Crippen molar-refractivity contribution in [1.29, 1.82) is 0 Å². The second-order valence-corrected chi connectivity index (χ2v) is 6.89. The molecule has 3 fully saturated rings. The van der Waals surface area contributed by atoms with E-state index in [2.05, 4.69) is 5.32 Å². The minimum atomic E-state index is 0.0572. The molecule has 1 spiro atoms. The van der Waals surface area contributed by atoms with Crippen LogP contribution >= 0.6 is 11.8 Å². The van der Waals surface area contributed by atoms with Gasteiger partial charge in [0.15, 0.2) is 0 Å². The van der Waals surface area contributed by atoms with Gasteiger partial charge in [0.1, 0.15) is 6.54 Å². The Morgan fingerprint density at radius 1 is 1.26 bits per heavy atom. The van der Waals surface area contributed by atoms with Crippen molar-refractivity contribution in [2.24, 2.45) is 5.41 Å². The monoisotopic (exact) mass is 283 g/mol. The average Bonchev–Trinajstić information content (AvgIpc) is 3.01. The molecule has 3 heterocycles. The number of hydrogen-bond acceptors (Lipinski definition) is 4. The van der Waals surface area contributed by atoms with Gasteiger partial charge in [-0.05, 0) is 31.2 Å². The van der Waals surface area contributed by atoms with Crippen LogP contribution in [0.1, 0.15) is 19.3 Å². The molecule has 0 saturated carbocycles. The van der Waals surface area contributed by atoms with E-state index < -0.39 is 0 Å². The first kappa shape index (κ1) is 13.2. The quantitative estimate of drug-likeness (QED) is 0.813. The second-order valence-electron chi connectivity index (χ2n) is 5.84. The largest absolute Gasteiger partial charge is 0.341 e. The molecule has 0 aromatic heterocycles. The molecule has 0 aliphatic carbocycles. The summed E-state index contributed by atoms with van der Waals surface area (Å²) in [5, 5.41) is 3.49. The molecule has 0 unspecified atom stereocenters. The fraction of sp³-hybridized carbons (Fsp3) is 0.846. The number of hydrogen-bond donors (Lipinski definition) is 1. The van der Waals surface area contributed by atoms with Crippen LogP contribution < -0.4 is 5.32 Å². The molecule has 3 aliphatic heterocycles.